The van der Waals surface area contributed by atoms with Crippen LogP contribution in [0, 0.1) is 0 Å². The van der Waals surface area contributed by atoms with Gasteiger partial charge in [-0.3, -0.25) is 4.79 Å². The van der Waals surface area contributed by atoms with E-state index in [1.807, 2.05) is 42.5 Å². The predicted molar refractivity (Wildman–Crippen MR) is 160 cm³/mol. The van der Waals surface area contributed by atoms with Crippen molar-refractivity contribution in [3.63, 3.8) is 0 Å². The second kappa shape index (κ2) is 14.2. The van der Waals surface area contributed by atoms with Crippen LogP contribution in [0.1, 0.15) is 6.42 Å². The van der Waals surface area contributed by atoms with Crippen LogP contribution in [0.25, 0.3) is 11.3 Å². The molecule has 2 saturated heterocycles. The zero-order valence-corrected chi connectivity index (χ0v) is 23.3. The normalized spacial score (nSPS) is 16.6. The molecule has 0 radical (unpaired) electrons. The maximum atomic E-state index is 12.4. The van der Waals surface area contributed by atoms with E-state index in [9.17, 15) is 4.79 Å². The summed E-state index contributed by atoms with van der Waals surface area (Å²) >= 11 is 0. The van der Waals surface area contributed by atoms with Gasteiger partial charge in [-0.2, -0.15) is 0 Å². The topological polar surface area (TPSA) is 97.9 Å². The second-order valence-electron chi connectivity index (χ2n) is 10.3. The minimum atomic E-state index is -0.0412. The maximum absolute atomic E-state index is 12.4. The summed E-state index contributed by atoms with van der Waals surface area (Å²) < 4.78 is 5.44. The number of piperazine rings is 1. The van der Waals surface area contributed by atoms with E-state index in [-0.39, 0.29) is 5.91 Å². The highest BCUT2D eigenvalue weighted by molar-refractivity contribution is 5.92. The van der Waals surface area contributed by atoms with Crippen LogP contribution in [0.2, 0.25) is 0 Å². The summed E-state index contributed by atoms with van der Waals surface area (Å²) in [6.07, 6.45) is 2.79. The Bertz CT molecular complexity index is 1210. The molecule has 1 amide bonds. The Morgan fingerprint density at radius 3 is 2.38 bits per heavy atom. The van der Waals surface area contributed by atoms with Gasteiger partial charge in [0.1, 0.15) is 0 Å². The summed E-state index contributed by atoms with van der Waals surface area (Å²) in [5, 5.41) is 9.52. The van der Waals surface area contributed by atoms with Gasteiger partial charge in [-0.25, -0.2) is 9.97 Å². The van der Waals surface area contributed by atoms with Crippen LogP contribution >= 0.6 is 0 Å². The van der Waals surface area contributed by atoms with Crippen LogP contribution in [0.4, 0.5) is 23.0 Å². The number of rotatable bonds is 11. The number of amides is 1. The summed E-state index contributed by atoms with van der Waals surface area (Å²) in [7, 11) is 2.17. The Balaban J connectivity index is 1.06. The number of carbonyl (C=O) groups is 1. The van der Waals surface area contributed by atoms with Crippen LogP contribution in [0.5, 0.6) is 0 Å². The molecule has 0 bridgehead atoms. The zero-order valence-electron chi connectivity index (χ0n) is 23.3. The smallest absolute Gasteiger partial charge is 0.238 e. The van der Waals surface area contributed by atoms with Crippen molar-refractivity contribution in [1.82, 2.24) is 25.1 Å². The molecule has 1 aromatic heterocycles. The first-order valence-corrected chi connectivity index (χ1v) is 14.2. The number of carbonyl (C=O) groups excluding carboxylic acids is 1. The number of nitrogens with zero attached hydrogens (tertiary/aromatic N) is 5. The van der Waals surface area contributed by atoms with E-state index < -0.39 is 0 Å². The van der Waals surface area contributed by atoms with Crippen molar-refractivity contribution in [3.8, 4) is 11.3 Å². The SMILES string of the molecule is CN1CCN(CCCNCC(=O)Nc2ccc(-c3ccnc(Nc4ccc(N5CCOCC5)cc4)n3)cc2)CC1. The second-order valence-corrected chi connectivity index (χ2v) is 10.3. The first-order chi connectivity index (χ1) is 19.6. The predicted octanol–water partition coefficient (Wildman–Crippen LogP) is 2.89. The van der Waals surface area contributed by atoms with E-state index in [4.69, 9.17) is 4.74 Å². The minimum absolute atomic E-state index is 0.0412. The summed E-state index contributed by atoms with van der Waals surface area (Å²) in [5.74, 6) is 0.494. The lowest BCUT2D eigenvalue weighted by Gasteiger charge is -2.32. The van der Waals surface area contributed by atoms with Gasteiger partial charge in [0, 0.05) is 68.1 Å². The maximum Gasteiger partial charge on any atom is 0.238 e. The molecule has 40 heavy (non-hydrogen) atoms. The van der Waals surface area contributed by atoms with Crippen LogP contribution in [-0.4, -0.2) is 105 Å². The third-order valence-corrected chi connectivity index (χ3v) is 7.33. The Hall–Kier alpha value is -3.57. The molecule has 2 aromatic carbocycles. The molecule has 0 atom stereocenters. The summed E-state index contributed by atoms with van der Waals surface area (Å²) in [6.45, 7) is 10.1. The van der Waals surface area contributed by atoms with E-state index in [1.54, 1.807) is 6.20 Å². The van der Waals surface area contributed by atoms with Crippen molar-refractivity contribution >= 4 is 28.9 Å². The Kier molecular flexibility index (Phi) is 9.92. The molecule has 10 heteroatoms. The van der Waals surface area contributed by atoms with Gasteiger partial charge < -0.3 is 35.4 Å². The number of nitrogens with one attached hydrogen (secondary N) is 3. The van der Waals surface area contributed by atoms with Crippen molar-refractivity contribution < 1.29 is 9.53 Å². The van der Waals surface area contributed by atoms with Crippen LogP contribution in [0.15, 0.2) is 60.8 Å². The number of anilines is 4. The fourth-order valence-corrected chi connectivity index (χ4v) is 4.92. The van der Waals surface area contributed by atoms with Crippen molar-refractivity contribution in [2.24, 2.45) is 0 Å². The summed E-state index contributed by atoms with van der Waals surface area (Å²) in [6, 6.07) is 17.9. The first kappa shape index (κ1) is 28.0. The van der Waals surface area contributed by atoms with E-state index in [0.717, 1.165) is 94.6 Å². The Morgan fingerprint density at radius 2 is 1.62 bits per heavy atom. The molecule has 2 aliphatic rings. The van der Waals surface area contributed by atoms with Gasteiger partial charge >= 0.3 is 0 Å². The summed E-state index contributed by atoms with van der Waals surface area (Å²) in [5.41, 5.74) is 4.64. The lowest BCUT2D eigenvalue weighted by atomic mass is 10.1. The number of morpholine rings is 1. The average molecular weight is 545 g/mol. The third-order valence-electron chi connectivity index (χ3n) is 7.33. The summed E-state index contributed by atoms with van der Waals surface area (Å²) in [4.78, 5) is 28.6. The van der Waals surface area contributed by atoms with E-state index in [2.05, 4.69) is 59.8 Å². The van der Waals surface area contributed by atoms with E-state index in [0.29, 0.717) is 12.5 Å². The highest BCUT2D eigenvalue weighted by atomic mass is 16.5. The van der Waals surface area contributed by atoms with Crippen molar-refractivity contribution in [1.29, 1.82) is 0 Å². The number of benzene rings is 2. The van der Waals surface area contributed by atoms with E-state index in [1.165, 1.54) is 5.69 Å². The molecule has 0 aliphatic carbocycles. The average Bonchev–Trinajstić information content (AvgIpc) is 2.99. The van der Waals surface area contributed by atoms with Gasteiger partial charge in [0.25, 0.3) is 0 Å². The molecule has 5 rings (SSSR count). The Morgan fingerprint density at radius 1 is 0.900 bits per heavy atom. The molecule has 2 aliphatic heterocycles. The largest absolute Gasteiger partial charge is 0.378 e. The first-order valence-electron chi connectivity index (χ1n) is 14.2. The van der Waals surface area contributed by atoms with Crippen molar-refractivity contribution in [2.45, 2.75) is 6.42 Å². The lowest BCUT2D eigenvalue weighted by molar-refractivity contribution is -0.115. The standard InChI is InChI=1S/C30H40N8O2/c1-36-15-17-37(18-16-36)14-2-12-31-23-29(39)33-25-5-3-24(4-6-25)28-11-13-32-30(35-28)34-26-7-9-27(10-8-26)38-19-21-40-22-20-38/h3-11,13,31H,2,12,14-23H2,1H3,(H,33,39)(H,32,34,35). The lowest BCUT2D eigenvalue weighted by Crippen LogP contribution is -2.45. The van der Waals surface area contributed by atoms with Gasteiger partial charge in [-0.05, 0) is 69.0 Å². The molecule has 0 unspecified atom stereocenters. The van der Waals surface area contributed by atoms with Crippen LogP contribution < -0.4 is 20.9 Å². The number of hydrogen-bond acceptors (Lipinski definition) is 9. The number of likely N-dealkylation sites (N-methyl/N-ethyl adjacent to an activating group) is 1. The highest BCUT2D eigenvalue weighted by Gasteiger charge is 2.13. The van der Waals surface area contributed by atoms with E-state index >= 15 is 0 Å². The van der Waals surface area contributed by atoms with Gasteiger partial charge in [0.05, 0.1) is 25.5 Å². The molecule has 0 saturated carbocycles. The van der Waals surface area contributed by atoms with Gasteiger partial charge in [-0.15, -0.1) is 0 Å². The molecule has 2 fully saturated rings. The van der Waals surface area contributed by atoms with Crippen LogP contribution in [-0.2, 0) is 9.53 Å². The molecule has 3 aromatic rings. The van der Waals surface area contributed by atoms with Gasteiger partial charge in [-0.1, -0.05) is 12.1 Å². The molecule has 10 nitrogen and oxygen atoms in total. The number of aromatic nitrogens is 2. The molecule has 3 N–H and O–H groups in total. The molecular formula is C30H40N8O2. The number of hydrogen-bond donors (Lipinski definition) is 3. The van der Waals surface area contributed by atoms with Crippen LogP contribution in [0.3, 0.4) is 0 Å². The van der Waals surface area contributed by atoms with Gasteiger partial charge in [0.2, 0.25) is 11.9 Å². The molecule has 3 heterocycles. The minimum Gasteiger partial charge on any atom is -0.378 e. The monoisotopic (exact) mass is 544 g/mol. The third kappa shape index (κ3) is 8.22. The fourth-order valence-electron chi connectivity index (χ4n) is 4.92. The molecule has 0 spiro atoms. The highest BCUT2D eigenvalue weighted by Crippen LogP contribution is 2.23. The number of ether oxygens (including phenoxy) is 1. The fraction of sp³-hybridized carbons (Fsp3) is 0.433. The van der Waals surface area contributed by atoms with Gasteiger partial charge in [0.15, 0.2) is 0 Å². The van der Waals surface area contributed by atoms with Crippen molar-refractivity contribution in [3.05, 3.63) is 60.8 Å². The van der Waals surface area contributed by atoms with Crippen molar-refractivity contribution in [2.75, 3.05) is 94.7 Å². The molecular weight excluding hydrogens is 504 g/mol. The molecule has 212 valence electrons. The zero-order chi connectivity index (χ0) is 27.6. The Labute approximate surface area is 236 Å². The quantitative estimate of drug-likeness (QED) is 0.315.